The number of fused-ring (bicyclic) bond motifs is 1. The summed E-state index contributed by atoms with van der Waals surface area (Å²) >= 11 is 0. The van der Waals surface area contributed by atoms with Crippen molar-refractivity contribution in [2.24, 2.45) is 0 Å². The number of aldehydes is 1. The van der Waals surface area contributed by atoms with Crippen molar-refractivity contribution in [1.82, 2.24) is 9.38 Å². The van der Waals surface area contributed by atoms with Crippen molar-refractivity contribution in [3.8, 4) is 0 Å². The number of hydrogen-bond acceptors (Lipinski definition) is 3. The Morgan fingerprint density at radius 3 is 2.50 bits per heavy atom. The lowest BCUT2D eigenvalue weighted by atomic mass is 9.96. The summed E-state index contributed by atoms with van der Waals surface area (Å²) in [5.74, 6) is 0.907. The van der Waals surface area contributed by atoms with Gasteiger partial charge in [0.25, 0.3) is 0 Å². The maximum atomic E-state index is 11.2. The first-order valence-electron chi connectivity index (χ1n) is 5.99. The van der Waals surface area contributed by atoms with Crippen LogP contribution >= 0.6 is 0 Å². The van der Waals surface area contributed by atoms with Crippen LogP contribution in [0.15, 0.2) is 18.3 Å². The number of nitrogens with zero attached hydrogens (tertiary/aromatic N) is 3. The summed E-state index contributed by atoms with van der Waals surface area (Å²) in [4.78, 5) is 17.6. The highest BCUT2D eigenvalue weighted by molar-refractivity contribution is 5.85. The highest BCUT2D eigenvalue weighted by Crippen LogP contribution is 2.26. The second-order valence-corrected chi connectivity index (χ2v) is 5.72. The molecule has 2 aromatic heterocycles. The molecule has 0 amide bonds. The van der Waals surface area contributed by atoms with Crippen LogP contribution in [0.25, 0.3) is 5.52 Å². The van der Waals surface area contributed by atoms with E-state index in [1.165, 1.54) is 0 Å². The molecule has 2 aromatic rings. The Morgan fingerprint density at radius 2 is 2.00 bits per heavy atom. The van der Waals surface area contributed by atoms with Gasteiger partial charge in [0.05, 0.1) is 5.52 Å². The fourth-order valence-corrected chi connectivity index (χ4v) is 1.99. The molecule has 0 atom stereocenters. The van der Waals surface area contributed by atoms with Gasteiger partial charge in [-0.2, -0.15) is 0 Å². The molecule has 96 valence electrons. The molecule has 0 radical (unpaired) electrons. The lowest BCUT2D eigenvalue weighted by Gasteiger charge is -2.17. The van der Waals surface area contributed by atoms with Gasteiger partial charge in [0, 0.05) is 31.4 Å². The fraction of sp³-hybridized carbons (Fsp3) is 0.429. The zero-order valence-electron chi connectivity index (χ0n) is 11.6. The van der Waals surface area contributed by atoms with Crippen molar-refractivity contribution in [3.05, 3.63) is 29.8 Å². The second-order valence-electron chi connectivity index (χ2n) is 5.72. The van der Waals surface area contributed by atoms with Crippen LogP contribution in [0.5, 0.6) is 0 Å². The van der Waals surface area contributed by atoms with E-state index in [4.69, 9.17) is 0 Å². The van der Waals surface area contributed by atoms with E-state index >= 15 is 0 Å². The zero-order valence-corrected chi connectivity index (χ0v) is 11.6. The quantitative estimate of drug-likeness (QED) is 0.763. The largest absolute Gasteiger partial charge is 0.378 e. The van der Waals surface area contributed by atoms with E-state index in [9.17, 15) is 4.79 Å². The van der Waals surface area contributed by atoms with Gasteiger partial charge in [0.15, 0.2) is 6.29 Å². The van der Waals surface area contributed by atoms with Crippen LogP contribution in [0.4, 0.5) is 5.69 Å². The smallest absolute Gasteiger partial charge is 0.170 e. The predicted octanol–water partition coefficient (Wildman–Crippen LogP) is 2.51. The van der Waals surface area contributed by atoms with Crippen LogP contribution in [0.3, 0.4) is 0 Å². The normalized spacial score (nSPS) is 11.8. The number of carbonyl (C=O) groups excluding carboxylic acids is 1. The molecule has 0 saturated carbocycles. The van der Waals surface area contributed by atoms with Gasteiger partial charge >= 0.3 is 0 Å². The molecule has 0 fully saturated rings. The molecule has 0 spiro atoms. The molecule has 0 bridgehead atoms. The SMILES string of the molecule is CN(C)c1ccn2c(C(C)(C)C)nc(C=O)c2c1. The van der Waals surface area contributed by atoms with Crippen LogP contribution in [-0.2, 0) is 5.41 Å². The number of rotatable bonds is 2. The third-order valence-corrected chi connectivity index (χ3v) is 2.95. The van der Waals surface area contributed by atoms with E-state index < -0.39 is 0 Å². The topological polar surface area (TPSA) is 37.6 Å². The first-order valence-corrected chi connectivity index (χ1v) is 5.99. The van der Waals surface area contributed by atoms with Gasteiger partial charge < -0.3 is 9.30 Å². The Hall–Kier alpha value is -1.84. The Kier molecular flexibility index (Phi) is 2.89. The van der Waals surface area contributed by atoms with Gasteiger partial charge in [0.2, 0.25) is 0 Å². The highest BCUT2D eigenvalue weighted by Gasteiger charge is 2.22. The molecular formula is C14H19N3O. The van der Waals surface area contributed by atoms with E-state index in [2.05, 4.69) is 25.8 Å². The van der Waals surface area contributed by atoms with Gasteiger partial charge in [-0.1, -0.05) is 20.8 Å². The van der Waals surface area contributed by atoms with Gasteiger partial charge in [-0.15, -0.1) is 0 Å². The summed E-state index contributed by atoms with van der Waals surface area (Å²) in [5.41, 5.74) is 2.33. The summed E-state index contributed by atoms with van der Waals surface area (Å²) in [6.45, 7) is 6.28. The first kappa shape index (κ1) is 12.6. The van der Waals surface area contributed by atoms with Crippen LogP contribution in [0, 0.1) is 0 Å². The standard InChI is InChI=1S/C14H19N3O/c1-14(2,3)13-15-11(9-18)12-8-10(16(4)5)6-7-17(12)13/h6-9H,1-5H3. The lowest BCUT2D eigenvalue weighted by molar-refractivity contribution is 0.112. The monoisotopic (exact) mass is 245 g/mol. The highest BCUT2D eigenvalue weighted by atomic mass is 16.1. The summed E-state index contributed by atoms with van der Waals surface area (Å²) in [5, 5.41) is 0. The number of anilines is 1. The first-order chi connectivity index (χ1) is 8.34. The van der Waals surface area contributed by atoms with Crippen LogP contribution in [-0.4, -0.2) is 29.8 Å². The summed E-state index contributed by atoms with van der Waals surface area (Å²) in [6, 6.07) is 4.02. The molecule has 2 rings (SSSR count). The van der Waals surface area contributed by atoms with Crippen molar-refractivity contribution >= 4 is 17.5 Å². The average Bonchev–Trinajstić information content (AvgIpc) is 2.66. The fourth-order valence-electron chi connectivity index (χ4n) is 1.99. The van der Waals surface area contributed by atoms with Crippen LogP contribution < -0.4 is 4.90 Å². The average molecular weight is 245 g/mol. The second kappa shape index (κ2) is 4.12. The van der Waals surface area contributed by atoms with Crippen molar-refractivity contribution in [1.29, 1.82) is 0 Å². The van der Waals surface area contributed by atoms with E-state index in [-0.39, 0.29) is 5.41 Å². The van der Waals surface area contributed by atoms with E-state index in [0.717, 1.165) is 23.3 Å². The zero-order chi connectivity index (χ0) is 13.5. The van der Waals surface area contributed by atoms with Crippen molar-refractivity contribution in [2.75, 3.05) is 19.0 Å². The molecule has 18 heavy (non-hydrogen) atoms. The number of imidazole rings is 1. The van der Waals surface area contributed by atoms with Crippen molar-refractivity contribution in [3.63, 3.8) is 0 Å². The third-order valence-electron chi connectivity index (χ3n) is 2.95. The molecule has 4 nitrogen and oxygen atoms in total. The molecule has 0 unspecified atom stereocenters. The van der Waals surface area contributed by atoms with Gasteiger partial charge in [-0.25, -0.2) is 4.98 Å². The third kappa shape index (κ3) is 1.98. The van der Waals surface area contributed by atoms with Gasteiger partial charge in [0.1, 0.15) is 11.5 Å². The predicted molar refractivity (Wildman–Crippen MR) is 73.6 cm³/mol. The van der Waals surface area contributed by atoms with E-state index in [0.29, 0.717) is 5.69 Å². The maximum Gasteiger partial charge on any atom is 0.170 e. The Balaban J connectivity index is 2.75. The molecule has 0 aliphatic heterocycles. The molecule has 0 aromatic carbocycles. The molecular weight excluding hydrogens is 226 g/mol. The van der Waals surface area contributed by atoms with Gasteiger partial charge in [-0.05, 0) is 12.1 Å². The Bertz CT molecular complexity index is 591. The minimum absolute atomic E-state index is 0.0934. The molecule has 4 heteroatoms. The number of hydrogen-bond donors (Lipinski definition) is 0. The van der Waals surface area contributed by atoms with Crippen molar-refractivity contribution < 1.29 is 4.79 Å². The Labute approximate surface area is 107 Å². The lowest BCUT2D eigenvalue weighted by Crippen LogP contribution is -2.16. The minimum Gasteiger partial charge on any atom is -0.378 e. The number of pyridine rings is 1. The molecule has 0 aliphatic carbocycles. The summed E-state index contributed by atoms with van der Waals surface area (Å²) in [6.07, 6.45) is 2.80. The summed E-state index contributed by atoms with van der Waals surface area (Å²) < 4.78 is 2.00. The molecule has 2 heterocycles. The Morgan fingerprint density at radius 1 is 1.33 bits per heavy atom. The van der Waals surface area contributed by atoms with Crippen molar-refractivity contribution in [2.45, 2.75) is 26.2 Å². The number of carbonyl (C=O) groups is 1. The van der Waals surface area contributed by atoms with E-state index in [1.54, 1.807) is 0 Å². The van der Waals surface area contributed by atoms with Crippen LogP contribution in [0.1, 0.15) is 37.1 Å². The van der Waals surface area contributed by atoms with E-state index in [1.807, 2.05) is 41.7 Å². The summed E-state index contributed by atoms with van der Waals surface area (Å²) in [7, 11) is 3.96. The molecule has 0 saturated heterocycles. The molecule has 0 N–H and O–H groups in total. The molecule has 0 aliphatic rings. The van der Waals surface area contributed by atoms with Crippen LogP contribution in [0.2, 0.25) is 0 Å². The minimum atomic E-state index is -0.0934. The number of aromatic nitrogens is 2. The van der Waals surface area contributed by atoms with Gasteiger partial charge in [-0.3, -0.25) is 4.79 Å². The maximum absolute atomic E-state index is 11.2.